The maximum absolute atomic E-state index is 14.3. The molecule has 10 heteroatoms. The number of aryl methyl sites for hydroxylation is 1. The Hall–Kier alpha value is -3.27. The third-order valence-corrected chi connectivity index (χ3v) is 6.03. The van der Waals surface area contributed by atoms with Crippen molar-refractivity contribution in [3.05, 3.63) is 77.1 Å². The van der Waals surface area contributed by atoms with Crippen LogP contribution in [0.25, 0.3) is 5.69 Å². The number of hydrogen-bond acceptors (Lipinski definition) is 4. The number of hydrogen-bond donors (Lipinski definition) is 2. The van der Waals surface area contributed by atoms with Crippen molar-refractivity contribution in [1.82, 2.24) is 15.1 Å². The molecule has 0 aliphatic carbocycles. The number of nitrogens with zero attached hydrogens (tertiary/aromatic N) is 2. The summed E-state index contributed by atoms with van der Waals surface area (Å²) < 4.78 is 52.2. The largest absolute Gasteiger partial charge is 0.332 e. The molecule has 2 N–H and O–H groups in total. The van der Waals surface area contributed by atoms with Crippen LogP contribution >= 0.6 is 0 Å². The molecule has 3 rings (SSSR count). The summed E-state index contributed by atoms with van der Waals surface area (Å²) in [6, 6.07) is 11.4. The molecule has 2 amide bonds. The highest BCUT2D eigenvalue weighted by Crippen LogP contribution is 2.24. The van der Waals surface area contributed by atoms with Crippen molar-refractivity contribution < 1.29 is 22.0 Å². The molecule has 0 unspecified atom stereocenters. The first-order valence-electron chi connectivity index (χ1n) is 10.7. The van der Waals surface area contributed by atoms with E-state index in [-0.39, 0.29) is 35.4 Å². The lowest BCUT2D eigenvalue weighted by atomic mass is 9.92. The number of urea groups is 1. The Morgan fingerprint density at radius 1 is 1.09 bits per heavy atom. The van der Waals surface area contributed by atoms with Crippen LogP contribution in [0.5, 0.6) is 0 Å². The summed E-state index contributed by atoms with van der Waals surface area (Å²) in [4.78, 5) is 12.4. The smallest absolute Gasteiger partial charge is 0.319 e. The van der Waals surface area contributed by atoms with E-state index in [1.165, 1.54) is 24.3 Å². The maximum Gasteiger partial charge on any atom is 0.319 e. The van der Waals surface area contributed by atoms with E-state index in [4.69, 9.17) is 0 Å². The Bertz CT molecular complexity index is 1300. The summed E-state index contributed by atoms with van der Waals surface area (Å²) in [7, 11) is -3.21. The van der Waals surface area contributed by atoms with Crippen LogP contribution < -0.4 is 10.6 Å². The maximum atomic E-state index is 14.3. The average Bonchev–Trinajstić information content (AvgIpc) is 3.16. The molecule has 0 bridgehead atoms. The predicted octanol–water partition coefficient (Wildman–Crippen LogP) is 4.36. The van der Waals surface area contributed by atoms with E-state index >= 15 is 0 Å². The van der Waals surface area contributed by atoms with Gasteiger partial charge in [-0.2, -0.15) is 5.10 Å². The van der Waals surface area contributed by atoms with Crippen LogP contribution in [0, 0.1) is 11.6 Å². The van der Waals surface area contributed by atoms with Gasteiger partial charge in [-0.25, -0.2) is 26.7 Å². The number of carbonyl (C=O) groups is 1. The molecule has 0 radical (unpaired) electrons. The lowest BCUT2D eigenvalue weighted by Crippen LogP contribution is -2.29. The van der Waals surface area contributed by atoms with Gasteiger partial charge in [0.05, 0.1) is 29.4 Å². The summed E-state index contributed by atoms with van der Waals surface area (Å²) >= 11 is 0. The number of aromatic nitrogens is 2. The number of nitrogens with one attached hydrogen (secondary N) is 2. The molecule has 3 aromatic rings. The van der Waals surface area contributed by atoms with Crippen molar-refractivity contribution in [3.8, 4) is 5.69 Å². The van der Waals surface area contributed by atoms with E-state index in [9.17, 15) is 22.0 Å². The second-order valence-electron chi connectivity index (χ2n) is 9.16. The highest BCUT2D eigenvalue weighted by Gasteiger charge is 2.21. The zero-order chi connectivity index (χ0) is 25.1. The van der Waals surface area contributed by atoms with E-state index in [1.54, 1.807) is 16.8 Å². The van der Waals surface area contributed by atoms with Crippen molar-refractivity contribution in [3.63, 3.8) is 0 Å². The molecular weight excluding hydrogens is 462 g/mol. The van der Waals surface area contributed by atoms with Gasteiger partial charge in [0, 0.05) is 17.4 Å². The van der Waals surface area contributed by atoms with Gasteiger partial charge < -0.3 is 10.6 Å². The normalized spacial score (nSPS) is 11.9. The molecular formula is C24H28F2N4O3S. The van der Waals surface area contributed by atoms with Gasteiger partial charge in [-0.05, 0) is 48.4 Å². The van der Waals surface area contributed by atoms with E-state index in [1.807, 2.05) is 26.8 Å². The van der Waals surface area contributed by atoms with Crippen LogP contribution in [0.2, 0.25) is 0 Å². The first-order chi connectivity index (χ1) is 15.8. The van der Waals surface area contributed by atoms with Crippen LogP contribution in [-0.4, -0.2) is 36.2 Å². The molecule has 0 saturated heterocycles. The minimum Gasteiger partial charge on any atom is -0.332 e. The van der Waals surface area contributed by atoms with Gasteiger partial charge in [-0.3, -0.25) is 0 Å². The first-order valence-corrected chi connectivity index (χ1v) is 12.7. The fraction of sp³-hybridized carbons (Fsp3) is 0.333. The monoisotopic (exact) mass is 490 g/mol. The number of halogens is 2. The minimum atomic E-state index is -3.21. The topological polar surface area (TPSA) is 93.1 Å². The van der Waals surface area contributed by atoms with Gasteiger partial charge in [0.15, 0.2) is 0 Å². The third kappa shape index (κ3) is 6.86. The van der Waals surface area contributed by atoms with Crippen LogP contribution in [-0.2, 0) is 28.2 Å². The zero-order valence-electron chi connectivity index (χ0n) is 19.5. The first kappa shape index (κ1) is 25.4. The third-order valence-electron chi connectivity index (χ3n) is 5.09. The van der Waals surface area contributed by atoms with Crippen molar-refractivity contribution in [2.75, 3.05) is 17.3 Å². The van der Waals surface area contributed by atoms with E-state index in [0.29, 0.717) is 11.4 Å². The van der Waals surface area contributed by atoms with Crippen LogP contribution in [0.4, 0.5) is 19.3 Å². The molecule has 0 aliphatic heterocycles. The van der Waals surface area contributed by atoms with E-state index in [2.05, 4.69) is 15.7 Å². The number of sulfone groups is 1. The fourth-order valence-corrected chi connectivity index (χ4v) is 3.80. The Morgan fingerprint density at radius 2 is 1.82 bits per heavy atom. The number of rotatable bonds is 7. The summed E-state index contributed by atoms with van der Waals surface area (Å²) in [6.07, 6.45) is 1.15. The summed E-state index contributed by atoms with van der Waals surface area (Å²) in [5, 5.41) is 9.87. The van der Waals surface area contributed by atoms with Crippen molar-refractivity contribution in [2.45, 2.75) is 39.2 Å². The van der Waals surface area contributed by atoms with Crippen LogP contribution in [0.3, 0.4) is 0 Å². The van der Waals surface area contributed by atoms with Gasteiger partial charge in [0.25, 0.3) is 0 Å². The van der Waals surface area contributed by atoms with Gasteiger partial charge >= 0.3 is 6.03 Å². The molecule has 1 heterocycles. The second kappa shape index (κ2) is 9.92. The number of carbonyl (C=O) groups excluding carboxylic acids is 1. The quantitative estimate of drug-likeness (QED) is 0.515. The van der Waals surface area contributed by atoms with Crippen molar-refractivity contribution in [1.29, 1.82) is 0 Å². The van der Waals surface area contributed by atoms with E-state index < -0.39 is 27.5 Å². The standard InChI is InChI=1S/C24H28F2N4O3S/c1-24(2,3)22-14-20(30(29-22)19-7-5-6-17(25)12-19)15-27-23(31)28-18-9-8-16(21(26)13-18)10-11-34(4,32)33/h5-9,12-14H,10-11,15H2,1-4H3,(H2,27,28,31). The molecule has 0 saturated carbocycles. The van der Waals surface area contributed by atoms with Crippen LogP contribution in [0.15, 0.2) is 48.5 Å². The van der Waals surface area contributed by atoms with Crippen LogP contribution in [0.1, 0.15) is 37.7 Å². The fourth-order valence-electron chi connectivity index (χ4n) is 3.21. The summed E-state index contributed by atoms with van der Waals surface area (Å²) in [5.74, 6) is -1.16. The average molecular weight is 491 g/mol. The van der Waals surface area contributed by atoms with Crippen molar-refractivity contribution in [2.24, 2.45) is 0 Å². The number of anilines is 1. The summed E-state index contributed by atoms with van der Waals surface area (Å²) in [5.41, 5.74) is 2.18. The van der Waals surface area contributed by atoms with Gasteiger partial charge in [0.2, 0.25) is 0 Å². The summed E-state index contributed by atoms with van der Waals surface area (Å²) in [6.45, 7) is 6.11. The Labute approximate surface area is 198 Å². The molecule has 2 aromatic carbocycles. The van der Waals surface area contributed by atoms with Gasteiger partial charge in [-0.1, -0.05) is 32.9 Å². The molecule has 0 atom stereocenters. The molecule has 7 nitrogen and oxygen atoms in total. The molecule has 0 fully saturated rings. The second-order valence-corrected chi connectivity index (χ2v) is 11.4. The lowest BCUT2D eigenvalue weighted by molar-refractivity contribution is 0.251. The van der Waals surface area contributed by atoms with Gasteiger partial charge in [-0.15, -0.1) is 0 Å². The predicted molar refractivity (Wildman–Crippen MR) is 128 cm³/mol. The molecule has 34 heavy (non-hydrogen) atoms. The van der Waals surface area contributed by atoms with E-state index in [0.717, 1.165) is 18.0 Å². The van der Waals surface area contributed by atoms with Crippen molar-refractivity contribution >= 4 is 21.6 Å². The Kier molecular flexibility index (Phi) is 7.40. The Balaban J connectivity index is 1.71. The number of amides is 2. The van der Waals surface area contributed by atoms with Gasteiger partial charge in [0.1, 0.15) is 21.5 Å². The minimum absolute atomic E-state index is 0.0529. The number of benzene rings is 2. The molecule has 0 aliphatic rings. The Morgan fingerprint density at radius 3 is 2.44 bits per heavy atom. The molecule has 1 aromatic heterocycles. The highest BCUT2D eigenvalue weighted by molar-refractivity contribution is 7.90. The lowest BCUT2D eigenvalue weighted by Gasteiger charge is -2.14. The molecule has 182 valence electrons. The highest BCUT2D eigenvalue weighted by atomic mass is 32.2. The zero-order valence-corrected chi connectivity index (χ0v) is 20.3. The SMILES string of the molecule is CC(C)(C)c1cc(CNC(=O)Nc2ccc(CCS(C)(=O)=O)c(F)c2)n(-c2cccc(F)c2)n1. The molecule has 0 spiro atoms.